The standard InChI is InChI=1S/C20H15NO3S/c1-14(22)24-19-10-6-5-9-17(19)18(23)12-11-16-13-25-20(21-16)15-7-3-2-4-8-15/h2-13H,1H3/b12-11+. The van der Waals surface area contributed by atoms with Crippen molar-refractivity contribution < 1.29 is 14.3 Å². The van der Waals surface area contributed by atoms with Crippen LogP contribution in [0.2, 0.25) is 0 Å². The van der Waals surface area contributed by atoms with Gasteiger partial charge in [0, 0.05) is 17.9 Å². The summed E-state index contributed by atoms with van der Waals surface area (Å²) in [6.45, 7) is 1.30. The predicted octanol–water partition coefficient (Wildman–Crippen LogP) is 4.63. The summed E-state index contributed by atoms with van der Waals surface area (Å²) < 4.78 is 5.07. The Morgan fingerprint density at radius 2 is 1.76 bits per heavy atom. The second-order valence-corrected chi connectivity index (χ2v) is 6.09. The second-order valence-electron chi connectivity index (χ2n) is 5.23. The van der Waals surface area contributed by atoms with E-state index in [4.69, 9.17) is 4.74 Å². The van der Waals surface area contributed by atoms with E-state index in [0.717, 1.165) is 10.6 Å². The maximum absolute atomic E-state index is 12.4. The zero-order chi connectivity index (χ0) is 17.6. The van der Waals surface area contributed by atoms with Gasteiger partial charge < -0.3 is 4.74 Å². The Morgan fingerprint density at radius 1 is 1.04 bits per heavy atom. The number of aromatic nitrogens is 1. The van der Waals surface area contributed by atoms with Crippen molar-refractivity contribution in [3.63, 3.8) is 0 Å². The van der Waals surface area contributed by atoms with Gasteiger partial charge in [-0.1, -0.05) is 42.5 Å². The molecule has 4 nitrogen and oxygen atoms in total. The Hall–Kier alpha value is -3.05. The van der Waals surface area contributed by atoms with E-state index >= 15 is 0 Å². The molecule has 1 heterocycles. The number of rotatable bonds is 5. The number of carbonyl (C=O) groups excluding carboxylic acids is 2. The smallest absolute Gasteiger partial charge is 0.308 e. The highest BCUT2D eigenvalue weighted by atomic mass is 32.1. The zero-order valence-corrected chi connectivity index (χ0v) is 14.3. The Balaban J connectivity index is 1.78. The van der Waals surface area contributed by atoms with E-state index in [9.17, 15) is 9.59 Å². The molecule has 3 rings (SSSR count). The monoisotopic (exact) mass is 349 g/mol. The van der Waals surface area contributed by atoms with Crippen LogP contribution in [0.25, 0.3) is 16.6 Å². The number of ether oxygens (including phenoxy) is 1. The van der Waals surface area contributed by atoms with Crippen molar-refractivity contribution in [1.29, 1.82) is 0 Å². The molecule has 0 atom stereocenters. The lowest BCUT2D eigenvalue weighted by Crippen LogP contribution is -2.06. The predicted molar refractivity (Wildman–Crippen MR) is 98.7 cm³/mol. The molecule has 0 N–H and O–H groups in total. The summed E-state index contributed by atoms with van der Waals surface area (Å²) >= 11 is 1.52. The van der Waals surface area contributed by atoms with Crippen LogP contribution in [0, 0.1) is 0 Å². The fourth-order valence-corrected chi connectivity index (χ4v) is 3.03. The molecule has 1 aromatic heterocycles. The average Bonchev–Trinajstić information content (AvgIpc) is 3.09. The molecule has 5 heteroatoms. The maximum Gasteiger partial charge on any atom is 0.308 e. The van der Waals surface area contributed by atoms with Crippen LogP contribution in [0.3, 0.4) is 0 Å². The van der Waals surface area contributed by atoms with E-state index in [1.807, 2.05) is 35.7 Å². The third-order valence-electron chi connectivity index (χ3n) is 3.35. The normalized spacial score (nSPS) is 10.8. The van der Waals surface area contributed by atoms with Gasteiger partial charge in [-0.05, 0) is 24.3 Å². The molecule has 25 heavy (non-hydrogen) atoms. The molecule has 0 radical (unpaired) electrons. The minimum Gasteiger partial charge on any atom is -0.426 e. The highest BCUT2D eigenvalue weighted by Gasteiger charge is 2.11. The summed E-state index contributed by atoms with van der Waals surface area (Å²) in [7, 11) is 0. The summed E-state index contributed by atoms with van der Waals surface area (Å²) in [6.07, 6.45) is 3.10. The average molecular weight is 349 g/mol. The van der Waals surface area contributed by atoms with Gasteiger partial charge in [-0.2, -0.15) is 0 Å². The zero-order valence-electron chi connectivity index (χ0n) is 13.5. The van der Waals surface area contributed by atoms with Crippen LogP contribution in [0.15, 0.2) is 66.1 Å². The van der Waals surface area contributed by atoms with Crippen molar-refractivity contribution in [2.45, 2.75) is 6.92 Å². The number of allylic oxidation sites excluding steroid dienone is 1. The van der Waals surface area contributed by atoms with Gasteiger partial charge in [0.05, 0.1) is 11.3 Å². The molecular formula is C20H15NO3S. The lowest BCUT2D eigenvalue weighted by Gasteiger charge is -2.05. The van der Waals surface area contributed by atoms with Gasteiger partial charge in [-0.15, -0.1) is 11.3 Å². The van der Waals surface area contributed by atoms with Crippen LogP contribution in [0.1, 0.15) is 23.0 Å². The van der Waals surface area contributed by atoms with Gasteiger partial charge in [0.15, 0.2) is 5.78 Å². The van der Waals surface area contributed by atoms with Crippen LogP contribution >= 0.6 is 11.3 Å². The van der Waals surface area contributed by atoms with E-state index in [0.29, 0.717) is 11.3 Å². The number of hydrogen-bond donors (Lipinski definition) is 0. The number of nitrogens with zero attached hydrogens (tertiary/aromatic N) is 1. The molecular weight excluding hydrogens is 334 g/mol. The molecule has 2 aromatic carbocycles. The van der Waals surface area contributed by atoms with Gasteiger partial charge >= 0.3 is 5.97 Å². The van der Waals surface area contributed by atoms with E-state index in [1.165, 1.54) is 24.3 Å². The number of para-hydroxylation sites is 1. The summed E-state index contributed by atoms with van der Waals surface area (Å²) in [6, 6.07) is 16.5. The fraction of sp³-hybridized carbons (Fsp3) is 0.0500. The first-order valence-corrected chi connectivity index (χ1v) is 8.52. The summed E-state index contributed by atoms with van der Waals surface area (Å²) in [5, 5.41) is 2.79. The van der Waals surface area contributed by atoms with Crippen molar-refractivity contribution in [2.24, 2.45) is 0 Å². The van der Waals surface area contributed by atoms with E-state index in [-0.39, 0.29) is 11.5 Å². The number of esters is 1. The maximum atomic E-state index is 12.4. The Bertz CT molecular complexity index is 929. The van der Waals surface area contributed by atoms with Crippen LogP contribution in [0.5, 0.6) is 5.75 Å². The summed E-state index contributed by atoms with van der Waals surface area (Å²) in [5.41, 5.74) is 2.09. The van der Waals surface area contributed by atoms with Crippen LogP contribution in [-0.4, -0.2) is 16.7 Å². The van der Waals surface area contributed by atoms with Gasteiger partial charge in [-0.25, -0.2) is 4.98 Å². The summed E-state index contributed by atoms with van der Waals surface area (Å²) in [4.78, 5) is 28.1. The Kier molecular flexibility index (Phi) is 5.16. The summed E-state index contributed by atoms with van der Waals surface area (Å²) in [5.74, 6) is -0.449. The molecule has 0 spiro atoms. The van der Waals surface area contributed by atoms with E-state index in [1.54, 1.807) is 30.3 Å². The minimum atomic E-state index is -0.462. The van der Waals surface area contributed by atoms with E-state index < -0.39 is 5.97 Å². The van der Waals surface area contributed by atoms with E-state index in [2.05, 4.69) is 4.98 Å². The third-order valence-corrected chi connectivity index (χ3v) is 4.26. The minimum absolute atomic E-state index is 0.244. The Morgan fingerprint density at radius 3 is 2.52 bits per heavy atom. The van der Waals surface area contributed by atoms with Gasteiger partial charge in [0.25, 0.3) is 0 Å². The van der Waals surface area contributed by atoms with Crippen molar-refractivity contribution in [3.8, 4) is 16.3 Å². The van der Waals surface area contributed by atoms with Gasteiger partial charge in [0.2, 0.25) is 0 Å². The molecule has 3 aromatic rings. The first kappa shape index (κ1) is 16.8. The molecule has 0 saturated carbocycles. The molecule has 0 aliphatic heterocycles. The number of thiazole rings is 1. The fourth-order valence-electron chi connectivity index (χ4n) is 2.24. The lowest BCUT2D eigenvalue weighted by atomic mass is 10.1. The van der Waals surface area contributed by atoms with Crippen molar-refractivity contribution >= 4 is 29.2 Å². The number of ketones is 1. The number of carbonyl (C=O) groups is 2. The molecule has 0 aliphatic carbocycles. The third kappa shape index (κ3) is 4.28. The number of benzene rings is 2. The van der Waals surface area contributed by atoms with Crippen LogP contribution < -0.4 is 4.74 Å². The van der Waals surface area contributed by atoms with Crippen LogP contribution in [-0.2, 0) is 4.79 Å². The highest BCUT2D eigenvalue weighted by Crippen LogP contribution is 2.24. The van der Waals surface area contributed by atoms with Crippen molar-refractivity contribution in [1.82, 2.24) is 4.98 Å². The topological polar surface area (TPSA) is 56.3 Å². The molecule has 0 bridgehead atoms. The number of hydrogen-bond acceptors (Lipinski definition) is 5. The first-order valence-electron chi connectivity index (χ1n) is 7.64. The Labute approximate surface area is 149 Å². The first-order chi connectivity index (χ1) is 12.1. The molecule has 0 fully saturated rings. The molecule has 0 amide bonds. The molecule has 124 valence electrons. The van der Waals surface area contributed by atoms with Gasteiger partial charge in [-0.3, -0.25) is 9.59 Å². The highest BCUT2D eigenvalue weighted by molar-refractivity contribution is 7.13. The molecule has 0 unspecified atom stereocenters. The SMILES string of the molecule is CC(=O)Oc1ccccc1C(=O)/C=C/c1csc(-c2ccccc2)n1. The van der Waals surface area contributed by atoms with Crippen LogP contribution in [0.4, 0.5) is 0 Å². The molecule has 0 saturated heterocycles. The van der Waals surface area contributed by atoms with Gasteiger partial charge in [0.1, 0.15) is 10.8 Å². The quantitative estimate of drug-likeness (QED) is 0.292. The molecule has 0 aliphatic rings. The largest absolute Gasteiger partial charge is 0.426 e. The second kappa shape index (κ2) is 7.68. The van der Waals surface area contributed by atoms with Crippen molar-refractivity contribution in [3.05, 3.63) is 77.3 Å². The van der Waals surface area contributed by atoms with Crippen molar-refractivity contribution in [2.75, 3.05) is 0 Å². The lowest BCUT2D eigenvalue weighted by molar-refractivity contribution is -0.131.